The lowest BCUT2D eigenvalue weighted by Gasteiger charge is -2.02. The van der Waals surface area contributed by atoms with Crippen molar-refractivity contribution in [3.05, 3.63) is 48.3 Å². The molecule has 0 radical (unpaired) electrons. The van der Waals surface area contributed by atoms with Crippen molar-refractivity contribution in [2.45, 2.75) is 19.4 Å². The molecule has 19 heavy (non-hydrogen) atoms. The van der Waals surface area contributed by atoms with Crippen LogP contribution in [0.5, 0.6) is 0 Å². The average Bonchev–Trinajstić information content (AvgIpc) is 2.85. The third-order valence-electron chi connectivity index (χ3n) is 2.71. The molecule has 3 N–H and O–H groups in total. The van der Waals surface area contributed by atoms with Crippen molar-refractivity contribution in [2.75, 3.05) is 11.9 Å². The Bertz CT molecular complexity index is 521. The smallest absolute Gasteiger partial charge is 0.224 e. The maximum absolute atomic E-state index is 11.5. The van der Waals surface area contributed by atoms with Crippen molar-refractivity contribution >= 4 is 11.6 Å². The van der Waals surface area contributed by atoms with E-state index in [2.05, 4.69) is 10.4 Å². The van der Waals surface area contributed by atoms with Crippen molar-refractivity contribution in [3.8, 4) is 0 Å². The van der Waals surface area contributed by atoms with Gasteiger partial charge in [0.25, 0.3) is 0 Å². The summed E-state index contributed by atoms with van der Waals surface area (Å²) in [6, 6.07) is 10.1. The molecule has 0 saturated heterocycles. The van der Waals surface area contributed by atoms with Gasteiger partial charge < -0.3 is 11.1 Å². The Kier molecular flexibility index (Phi) is 4.69. The van der Waals surface area contributed by atoms with Gasteiger partial charge in [0.2, 0.25) is 5.91 Å². The number of anilines is 1. The van der Waals surface area contributed by atoms with Gasteiger partial charge in [-0.2, -0.15) is 5.10 Å². The molecule has 5 nitrogen and oxygen atoms in total. The predicted octanol–water partition coefficient (Wildman–Crippen LogP) is 1.61. The fourth-order valence-corrected chi connectivity index (χ4v) is 1.77. The Balaban J connectivity index is 1.90. The Morgan fingerprint density at radius 1 is 1.32 bits per heavy atom. The lowest BCUT2D eigenvalue weighted by molar-refractivity contribution is -0.116. The Hall–Kier alpha value is -2.14. The molecule has 0 unspecified atom stereocenters. The summed E-state index contributed by atoms with van der Waals surface area (Å²) < 4.78 is 1.80. The lowest BCUT2D eigenvalue weighted by atomic mass is 10.2. The van der Waals surface area contributed by atoms with E-state index in [9.17, 15) is 4.79 Å². The molecular weight excluding hydrogens is 240 g/mol. The van der Waals surface area contributed by atoms with Gasteiger partial charge in [-0.1, -0.05) is 30.3 Å². The van der Waals surface area contributed by atoms with E-state index in [4.69, 9.17) is 5.73 Å². The summed E-state index contributed by atoms with van der Waals surface area (Å²) in [5.74, 6) is -0.0234. The molecule has 1 heterocycles. The van der Waals surface area contributed by atoms with Gasteiger partial charge in [0.1, 0.15) is 0 Å². The molecule has 2 rings (SSSR count). The minimum atomic E-state index is -0.0234. The Labute approximate surface area is 112 Å². The number of rotatable bonds is 6. The molecule has 1 amide bonds. The summed E-state index contributed by atoms with van der Waals surface area (Å²) in [7, 11) is 0. The number of aromatic nitrogens is 2. The van der Waals surface area contributed by atoms with Gasteiger partial charge in [0, 0.05) is 12.6 Å². The molecule has 1 aromatic carbocycles. The van der Waals surface area contributed by atoms with Crippen molar-refractivity contribution in [1.29, 1.82) is 0 Å². The molecule has 0 fully saturated rings. The average molecular weight is 258 g/mol. The number of hydrogen-bond donors (Lipinski definition) is 2. The zero-order chi connectivity index (χ0) is 13.5. The largest absolute Gasteiger partial charge is 0.330 e. The van der Waals surface area contributed by atoms with Crippen LogP contribution in [0.3, 0.4) is 0 Å². The number of benzene rings is 1. The number of nitrogens with one attached hydrogen (secondary N) is 1. The van der Waals surface area contributed by atoms with E-state index in [0.29, 0.717) is 25.9 Å². The minimum Gasteiger partial charge on any atom is -0.330 e. The van der Waals surface area contributed by atoms with Crippen molar-refractivity contribution < 1.29 is 4.79 Å². The van der Waals surface area contributed by atoms with Gasteiger partial charge in [0.05, 0.1) is 18.4 Å². The SMILES string of the molecule is NCCCC(=O)Nc1cnn(Cc2ccccc2)c1. The van der Waals surface area contributed by atoms with Crippen LogP contribution in [0.1, 0.15) is 18.4 Å². The molecule has 2 aromatic rings. The first-order valence-electron chi connectivity index (χ1n) is 6.34. The predicted molar refractivity (Wildman–Crippen MR) is 74.7 cm³/mol. The van der Waals surface area contributed by atoms with Crippen LogP contribution in [0.4, 0.5) is 5.69 Å². The molecule has 100 valence electrons. The number of hydrogen-bond acceptors (Lipinski definition) is 3. The van der Waals surface area contributed by atoms with Crippen LogP contribution >= 0.6 is 0 Å². The number of nitrogens with two attached hydrogens (primary N) is 1. The molecule has 0 spiro atoms. The first-order chi connectivity index (χ1) is 9.28. The van der Waals surface area contributed by atoms with E-state index in [1.807, 2.05) is 36.5 Å². The van der Waals surface area contributed by atoms with Crippen LogP contribution in [0.15, 0.2) is 42.7 Å². The number of carbonyl (C=O) groups is 1. The van der Waals surface area contributed by atoms with E-state index < -0.39 is 0 Å². The first-order valence-corrected chi connectivity index (χ1v) is 6.34. The summed E-state index contributed by atoms with van der Waals surface area (Å²) >= 11 is 0. The van der Waals surface area contributed by atoms with E-state index in [-0.39, 0.29) is 5.91 Å². The summed E-state index contributed by atoms with van der Waals surface area (Å²) in [4.78, 5) is 11.5. The highest BCUT2D eigenvalue weighted by atomic mass is 16.1. The monoisotopic (exact) mass is 258 g/mol. The number of amides is 1. The van der Waals surface area contributed by atoms with Crippen LogP contribution in [0, 0.1) is 0 Å². The molecule has 0 atom stereocenters. The molecule has 0 aliphatic heterocycles. The summed E-state index contributed by atoms with van der Waals surface area (Å²) in [5, 5.41) is 7.03. The van der Waals surface area contributed by atoms with Crippen LogP contribution in [0.2, 0.25) is 0 Å². The van der Waals surface area contributed by atoms with E-state index in [0.717, 1.165) is 5.69 Å². The highest BCUT2D eigenvalue weighted by Gasteiger charge is 2.04. The van der Waals surface area contributed by atoms with Crippen molar-refractivity contribution in [1.82, 2.24) is 9.78 Å². The highest BCUT2D eigenvalue weighted by molar-refractivity contribution is 5.90. The Morgan fingerprint density at radius 3 is 2.84 bits per heavy atom. The molecule has 0 aliphatic rings. The fraction of sp³-hybridized carbons (Fsp3) is 0.286. The summed E-state index contributed by atoms with van der Waals surface area (Å²) in [6.07, 6.45) is 4.63. The second-order valence-corrected chi connectivity index (χ2v) is 4.35. The standard InChI is InChI=1S/C14H18N4O/c15-8-4-7-14(19)17-13-9-16-18(11-13)10-12-5-2-1-3-6-12/h1-3,5-6,9,11H,4,7-8,10,15H2,(H,17,19). The molecule has 1 aromatic heterocycles. The van der Waals surface area contributed by atoms with Gasteiger partial charge >= 0.3 is 0 Å². The van der Waals surface area contributed by atoms with E-state index >= 15 is 0 Å². The fourth-order valence-electron chi connectivity index (χ4n) is 1.77. The molecule has 0 bridgehead atoms. The molecule has 5 heteroatoms. The first kappa shape index (κ1) is 13.3. The third-order valence-corrected chi connectivity index (χ3v) is 2.71. The zero-order valence-electron chi connectivity index (χ0n) is 10.7. The lowest BCUT2D eigenvalue weighted by Crippen LogP contribution is -2.13. The normalized spacial score (nSPS) is 10.4. The molecule has 0 aliphatic carbocycles. The number of nitrogens with zero attached hydrogens (tertiary/aromatic N) is 2. The number of carbonyl (C=O) groups excluding carboxylic acids is 1. The second kappa shape index (κ2) is 6.70. The molecular formula is C14H18N4O. The maximum Gasteiger partial charge on any atom is 0.224 e. The summed E-state index contributed by atoms with van der Waals surface area (Å²) in [5.41, 5.74) is 7.26. The van der Waals surface area contributed by atoms with Gasteiger partial charge in [-0.05, 0) is 18.5 Å². The summed E-state index contributed by atoms with van der Waals surface area (Å²) in [6.45, 7) is 1.22. The second-order valence-electron chi connectivity index (χ2n) is 4.35. The molecule has 0 saturated carbocycles. The van der Waals surface area contributed by atoms with Gasteiger partial charge in [0.15, 0.2) is 0 Å². The van der Waals surface area contributed by atoms with E-state index in [1.54, 1.807) is 10.9 Å². The highest BCUT2D eigenvalue weighted by Crippen LogP contribution is 2.08. The van der Waals surface area contributed by atoms with Crippen LogP contribution in [0.25, 0.3) is 0 Å². The van der Waals surface area contributed by atoms with Crippen LogP contribution in [-0.4, -0.2) is 22.2 Å². The van der Waals surface area contributed by atoms with Crippen LogP contribution in [-0.2, 0) is 11.3 Å². The quantitative estimate of drug-likeness (QED) is 0.826. The maximum atomic E-state index is 11.5. The van der Waals surface area contributed by atoms with Gasteiger partial charge in [-0.3, -0.25) is 9.48 Å². The van der Waals surface area contributed by atoms with Gasteiger partial charge in [-0.25, -0.2) is 0 Å². The van der Waals surface area contributed by atoms with E-state index in [1.165, 1.54) is 5.56 Å². The minimum absolute atomic E-state index is 0.0234. The topological polar surface area (TPSA) is 72.9 Å². The zero-order valence-corrected chi connectivity index (χ0v) is 10.7. The van der Waals surface area contributed by atoms with Gasteiger partial charge in [-0.15, -0.1) is 0 Å². The Morgan fingerprint density at radius 2 is 2.11 bits per heavy atom. The van der Waals surface area contributed by atoms with Crippen LogP contribution < -0.4 is 11.1 Å². The third kappa shape index (κ3) is 4.22. The van der Waals surface area contributed by atoms with Crippen molar-refractivity contribution in [2.24, 2.45) is 5.73 Å². The van der Waals surface area contributed by atoms with Crippen molar-refractivity contribution in [3.63, 3.8) is 0 Å².